The topological polar surface area (TPSA) is 58.6 Å². The lowest BCUT2D eigenvalue weighted by molar-refractivity contribution is -0.121. The highest BCUT2D eigenvalue weighted by Crippen LogP contribution is 2.34. The molecule has 5 nitrogen and oxygen atoms in total. The van der Waals surface area contributed by atoms with Crippen LogP contribution < -0.4 is 15.0 Å². The maximum Gasteiger partial charge on any atom is 0.265 e. The second-order valence-corrected chi connectivity index (χ2v) is 5.47. The summed E-state index contributed by atoms with van der Waals surface area (Å²) in [5, 5.41) is 2.86. The lowest BCUT2D eigenvalue weighted by Gasteiger charge is -2.28. The maximum atomic E-state index is 12.1. The van der Waals surface area contributed by atoms with Crippen LogP contribution >= 0.6 is 0 Å². The molecule has 0 bridgehead atoms. The van der Waals surface area contributed by atoms with Crippen LogP contribution in [0.1, 0.15) is 5.56 Å². The second-order valence-electron chi connectivity index (χ2n) is 5.47. The summed E-state index contributed by atoms with van der Waals surface area (Å²) in [6, 6.07) is 14.8. The number of carbonyl (C=O) groups is 2. The molecule has 1 aliphatic heterocycles. The Morgan fingerprint density at radius 2 is 2.04 bits per heavy atom. The molecule has 1 heterocycles. The zero-order valence-corrected chi connectivity index (χ0v) is 13.2. The van der Waals surface area contributed by atoms with Crippen LogP contribution in [0.25, 0.3) is 0 Å². The number of ether oxygens (including phenoxy) is 1. The van der Waals surface area contributed by atoms with E-state index in [1.807, 2.05) is 30.3 Å². The number of nitrogens with zero attached hydrogens (tertiary/aromatic N) is 1. The summed E-state index contributed by atoms with van der Waals surface area (Å²) in [7, 11) is 0. The van der Waals surface area contributed by atoms with E-state index in [9.17, 15) is 9.59 Å². The first-order valence-electron chi connectivity index (χ1n) is 7.69. The molecule has 122 valence electrons. The van der Waals surface area contributed by atoms with E-state index < -0.39 is 0 Å². The Labute approximate surface area is 140 Å². The summed E-state index contributed by atoms with van der Waals surface area (Å²) in [6.45, 7) is 4.08. The first-order valence-corrected chi connectivity index (χ1v) is 7.69. The number of hydrogen-bond donors (Lipinski definition) is 1. The van der Waals surface area contributed by atoms with Crippen LogP contribution in [0.4, 0.5) is 11.4 Å². The molecule has 0 aromatic heterocycles. The molecule has 2 aromatic carbocycles. The van der Waals surface area contributed by atoms with Crippen molar-refractivity contribution < 1.29 is 14.3 Å². The van der Waals surface area contributed by atoms with Crippen molar-refractivity contribution >= 4 is 23.2 Å². The van der Waals surface area contributed by atoms with Crippen LogP contribution in [-0.4, -0.2) is 25.0 Å². The fraction of sp³-hybridized carbons (Fsp3) is 0.158. The van der Waals surface area contributed by atoms with Gasteiger partial charge in [0.2, 0.25) is 5.91 Å². The monoisotopic (exact) mass is 322 g/mol. The molecule has 0 radical (unpaired) electrons. The van der Waals surface area contributed by atoms with Gasteiger partial charge in [-0.15, -0.1) is 6.58 Å². The number of anilines is 2. The Morgan fingerprint density at radius 1 is 1.25 bits per heavy atom. The molecule has 0 spiro atoms. The quantitative estimate of drug-likeness (QED) is 0.861. The summed E-state index contributed by atoms with van der Waals surface area (Å²) < 4.78 is 5.48. The maximum absolute atomic E-state index is 12.1. The average molecular weight is 322 g/mol. The molecule has 24 heavy (non-hydrogen) atoms. The van der Waals surface area contributed by atoms with Gasteiger partial charge < -0.3 is 15.0 Å². The molecule has 2 aromatic rings. The number of amides is 2. The van der Waals surface area contributed by atoms with Crippen molar-refractivity contribution in [2.24, 2.45) is 0 Å². The van der Waals surface area contributed by atoms with E-state index in [0.29, 0.717) is 30.1 Å². The first-order chi connectivity index (χ1) is 11.7. The lowest BCUT2D eigenvalue weighted by atomic mass is 10.1. The van der Waals surface area contributed by atoms with Gasteiger partial charge in [0.1, 0.15) is 5.75 Å². The third kappa shape index (κ3) is 3.46. The summed E-state index contributed by atoms with van der Waals surface area (Å²) >= 11 is 0. The van der Waals surface area contributed by atoms with Crippen molar-refractivity contribution in [3.8, 4) is 5.75 Å². The predicted molar refractivity (Wildman–Crippen MR) is 93.3 cm³/mol. The molecule has 0 saturated heterocycles. The molecular weight excluding hydrogens is 304 g/mol. The van der Waals surface area contributed by atoms with Crippen LogP contribution in [0.5, 0.6) is 5.75 Å². The van der Waals surface area contributed by atoms with E-state index >= 15 is 0 Å². The summed E-state index contributed by atoms with van der Waals surface area (Å²) in [5.41, 5.74) is 2.28. The van der Waals surface area contributed by atoms with Gasteiger partial charge in [0.15, 0.2) is 6.61 Å². The van der Waals surface area contributed by atoms with E-state index in [4.69, 9.17) is 4.74 Å². The Balaban J connectivity index is 1.73. The highest BCUT2D eigenvalue weighted by atomic mass is 16.5. The van der Waals surface area contributed by atoms with E-state index in [2.05, 4.69) is 11.9 Å². The third-order valence-corrected chi connectivity index (χ3v) is 3.71. The number of benzene rings is 2. The van der Waals surface area contributed by atoms with Crippen molar-refractivity contribution in [3.05, 3.63) is 66.7 Å². The second kappa shape index (κ2) is 7.00. The van der Waals surface area contributed by atoms with E-state index in [1.165, 1.54) is 0 Å². The molecule has 1 N–H and O–H groups in total. The normalized spacial score (nSPS) is 13.0. The number of fused-ring (bicyclic) bond motifs is 1. The SMILES string of the molecule is C=CCN1C(=O)COc2cc(NC(=O)Cc3ccccc3)ccc21. The number of nitrogens with one attached hydrogen (secondary N) is 1. The fourth-order valence-electron chi connectivity index (χ4n) is 2.60. The van der Waals surface area contributed by atoms with Gasteiger partial charge in [-0.2, -0.15) is 0 Å². The van der Waals surface area contributed by atoms with Crippen molar-refractivity contribution in [1.29, 1.82) is 0 Å². The van der Waals surface area contributed by atoms with Crippen LogP contribution in [-0.2, 0) is 16.0 Å². The van der Waals surface area contributed by atoms with E-state index in [0.717, 1.165) is 5.56 Å². The van der Waals surface area contributed by atoms with Gasteiger partial charge in [0, 0.05) is 18.3 Å². The Morgan fingerprint density at radius 3 is 2.79 bits per heavy atom. The van der Waals surface area contributed by atoms with Crippen LogP contribution in [0.2, 0.25) is 0 Å². The first kappa shape index (κ1) is 15.8. The number of carbonyl (C=O) groups excluding carboxylic acids is 2. The van der Waals surface area contributed by atoms with Gasteiger partial charge in [0.25, 0.3) is 5.91 Å². The molecular formula is C19H18N2O3. The van der Waals surface area contributed by atoms with Crippen LogP contribution in [0.15, 0.2) is 61.2 Å². The molecule has 0 atom stereocenters. The van der Waals surface area contributed by atoms with Gasteiger partial charge in [-0.25, -0.2) is 0 Å². The van der Waals surface area contributed by atoms with Gasteiger partial charge in [0.05, 0.1) is 12.1 Å². The minimum atomic E-state index is -0.108. The Bertz CT molecular complexity index is 771. The summed E-state index contributed by atoms with van der Waals surface area (Å²) in [5.74, 6) is 0.369. The Hall–Kier alpha value is -3.08. The largest absolute Gasteiger partial charge is 0.481 e. The molecule has 3 rings (SSSR count). The molecule has 2 amide bonds. The standard InChI is InChI=1S/C19H18N2O3/c1-2-10-21-16-9-8-15(12-17(16)24-13-19(21)23)20-18(22)11-14-6-4-3-5-7-14/h2-9,12H,1,10-11,13H2,(H,20,22). The van der Waals surface area contributed by atoms with Crippen molar-refractivity contribution in [2.75, 3.05) is 23.4 Å². The van der Waals surface area contributed by atoms with Crippen molar-refractivity contribution in [3.63, 3.8) is 0 Å². The zero-order chi connectivity index (χ0) is 16.9. The van der Waals surface area contributed by atoms with E-state index in [-0.39, 0.29) is 18.4 Å². The van der Waals surface area contributed by atoms with Gasteiger partial charge in [-0.1, -0.05) is 36.4 Å². The molecule has 0 fully saturated rings. The predicted octanol–water partition coefficient (Wildman–Crippen LogP) is 2.78. The average Bonchev–Trinajstić information content (AvgIpc) is 2.58. The minimum Gasteiger partial charge on any atom is -0.481 e. The smallest absolute Gasteiger partial charge is 0.265 e. The molecule has 0 aliphatic carbocycles. The van der Waals surface area contributed by atoms with Crippen molar-refractivity contribution in [1.82, 2.24) is 0 Å². The molecule has 0 saturated carbocycles. The molecule has 5 heteroatoms. The third-order valence-electron chi connectivity index (χ3n) is 3.71. The van der Waals surface area contributed by atoms with Gasteiger partial charge >= 0.3 is 0 Å². The number of rotatable bonds is 5. The highest BCUT2D eigenvalue weighted by Gasteiger charge is 2.24. The minimum absolute atomic E-state index is 0.0117. The summed E-state index contributed by atoms with van der Waals surface area (Å²) in [6.07, 6.45) is 1.97. The Kier molecular flexibility index (Phi) is 4.61. The van der Waals surface area contributed by atoms with Crippen LogP contribution in [0, 0.1) is 0 Å². The zero-order valence-electron chi connectivity index (χ0n) is 13.2. The van der Waals surface area contributed by atoms with Crippen LogP contribution in [0.3, 0.4) is 0 Å². The van der Waals surface area contributed by atoms with Gasteiger partial charge in [-0.05, 0) is 17.7 Å². The summed E-state index contributed by atoms with van der Waals surface area (Å²) in [4.78, 5) is 25.6. The molecule has 1 aliphatic rings. The van der Waals surface area contributed by atoms with E-state index in [1.54, 1.807) is 29.2 Å². The number of hydrogen-bond acceptors (Lipinski definition) is 3. The fourth-order valence-corrected chi connectivity index (χ4v) is 2.60. The highest BCUT2D eigenvalue weighted by molar-refractivity contribution is 5.99. The van der Waals surface area contributed by atoms with Gasteiger partial charge in [-0.3, -0.25) is 9.59 Å². The lowest BCUT2D eigenvalue weighted by Crippen LogP contribution is -2.38. The molecule has 0 unspecified atom stereocenters. The van der Waals surface area contributed by atoms with Crippen molar-refractivity contribution in [2.45, 2.75) is 6.42 Å².